The van der Waals surface area contributed by atoms with Crippen LogP contribution >= 0.6 is 0 Å². The van der Waals surface area contributed by atoms with Gasteiger partial charge in [-0.15, -0.1) is 0 Å². The lowest BCUT2D eigenvalue weighted by Gasteiger charge is -2.36. The number of carbonyl (C=O) groups is 1. The van der Waals surface area contributed by atoms with E-state index < -0.39 is 0 Å². The molecule has 1 aliphatic rings. The second-order valence-electron chi connectivity index (χ2n) is 7.93. The quantitative estimate of drug-likeness (QED) is 0.660. The maximum absolute atomic E-state index is 12.8. The second kappa shape index (κ2) is 9.68. The van der Waals surface area contributed by atoms with Gasteiger partial charge in [-0.05, 0) is 31.5 Å². The lowest BCUT2D eigenvalue weighted by Crippen LogP contribution is -2.50. The van der Waals surface area contributed by atoms with E-state index in [4.69, 9.17) is 9.72 Å². The Bertz CT molecular complexity index is 1080. The molecule has 1 aliphatic heterocycles. The molecule has 0 aliphatic carbocycles. The van der Waals surface area contributed by atoms with E-state index in [-0.39, 0.29) is 6.03 Å². The Labute approximate surface area is 189 Å². The zero-order valence-corrected chi connectivity index (χ0v) is 18.8. The van der Waals surface area contributed by atoms with Gasteiger partial charge in [-0.2, -0.15) is 0 Å². The van der Waals surface area contributed by atoms with Crippen LogP contribution in [0.3, 0.4) is 0 Å². The molecule has 7 heteroatoms. The number of para-hydroxylation sites is 2. The summed E-state index contributed by atoms with van der Waals surface area (Å²) >= 11 is 0. The summed E-state index contributed by atoms with van der Waals surface area (Å²) in [6.07, 6.45) is 0.788. The molecule has 0 radical (unpaired) electrons. The van der Waals surface area contributed by atoms with Crippen LogP contribution in [0.2, 0.25) is 0 Å². The van der Waals surface area contributed by atoms with Crippen LogP contribution < -0.4 is 15.0 Å². The Morgan fingerprint density at radius 1 is 0.969 bits per heavy atom. The molecular weight excluding hydrogens is 402 g/mol. The second-order valence-corrected chi connectivity index (χ2v) is 7.93. The molecule has 1 fully saturated rings. The fourth-order valence-corrected chi connectivity index (χ4v) is 4.05. The third-order valence-electron chi connectivity index (χ3n) is 5.74. The minimum Gasteiger partial charge on any atom is -0.495 e. The number of ether oxygens (including phenoxy) is 1. The number of piperazine rings is 1. The van der Waals surface area contributed by atoms with Gasteiger partial charge < -0.3 is 19.9 Å². The Hall–Kier alpha value is -3.61. The minimum absolute atomic E-state index is 0.117. The average molecular weight is 432 g/mol. The summed E-state index contributed by atoms with van der Waals surface area (Å²) in [5, 5.41) is 2.97. The van der Waals surface area contributed by atoms with Crippen LogP contribution in [0.5, 0.6) is 5.75 Å². The molecule has 4 rings (SSSR count). The van der Waals surface area contributed by atoms with Crippen molar-refractivity contribution < 1.29 is 9.53 Å². The van der Waals surface area contributed by atoms with Crippen LogP contribution in [-0.2, 0) is 6.42 Å². The van der Waals surface area contributed by atoms with Crippen LogP contribution in [-0.4, -0.2) is 54.2 Å². The molecule has 0 spiro atoms. The summed E-state index contributed by atoms with van der Waals surface area (Å²) in [5.41, 5.74) is 4.06. The molecule has 0 unspecified atom stereocenters. The van der Waals surface area contributed by atoms with Gasteiger partial charge >= 0.3 is 6.03 Å². The number of anilines is 2. The predicted molar refractivity (Wildman–Crippen MR) is 127 cm³/mol. The third kappa shape index (κ3) is 4.82. The zero-order valence-electron chi connectivity index (χ0n) is 18.8. The highest BCUT2D eigenvalue weighted by Gasteiger charge is 2.25. The van der Waals surface area contributed by atoms with Crippen LogP contribution in [0.25, 0.3) is 0 Å². The fraction of sp³-hybridized carbons (Fsp3) is 0.320. The van der Waals surface area contributed by atoms with Crippen molar-refractivity contribution in [2.75, 3.05) is 43.5 Å². The van der Waals surface area contributed by atoms with Crippen LogP contribution in [0, 0.1) is 13.8 Å². The number of rotatable bonds is 5. The number of aromatic nitrogens is 2. The Morgan fingerprint density at radius 3 is 2.38 bits per heavy atom. The van der Waals surface area contributed by atoms with Crippen LogP contribution in [0.4, 0.5) is 16.3 Å². The van der Waals surface area contributed by atoms with Crippen molar-refractivity contribution in [2.45, 2.75) is 20.3 Å². The SMILES string of the molecule is COc1ccccc1NC(=O)N1CCN(c2nc(C)nc(C)c2Cc2ccccc2)CC1. The summed E-state index contributed by atoms with van der Waals surface area (Å²) in [6, 6.07) is 17.7. The van der Waals surface area contributed by atoms with Crippen molar-refractivity contribution in [1.29, 1.82) is 0 Å². The molecule has 1 N–H and O–H groups in total. The lowest BCUT2D eigenvalue weighted by atomic mass is 10.0. The van der Waals surface area contributed by atoms with Gasteiger partial charge in [-0.1, -0.05) is 42.5 Å². The first kappa shape index (κ1) is 21.6. The van der Waals surface area contributed by atoms with Crippen molar-refractivity contribution in [3.63, 3.8) is 0 Å². The Balaban J connectivity index is 1.46. The zero-order chi connectivity index (χ0) is 22.5. The molecule has 0 bridgehead atoms. The highest BCUT2D eigenvalue weighted by molar-refractivity contribution is 5.91. The molecule has 7 nitrogen and oxygen atoms in total. The van der Waals surface area contributed by atoms with E-state index in [1.165, 1.54) is 5.56 Å². The van der Waals surface area contributed by atoms with Crippen molar-refractivity contribution in [2.24, 2.45) is 0 Å². The molecule has 0 atom stereocenters. The van der Waals surface area contributed by atoms with E-state index in [1.54, 1.807) is 7.11 Å². The number of benzene rings is 2. The number of aryl methyl sites for hydroxylation is 2. The lowest BCUT2D eigenvalue weighted by molar-refractivity contribution is 0.208. The highest BCUT2D eigenvalue weighted by Crippen LogP contribution is 2.26. The third-order valence-corrected chi connectivity index (χ3v) is 5.74. The number of amides is 2. The van der Waals surface area contributed by atoms with E-state index in [0.29, 0.717) is 24.5 Å². The number of nitrogens with zero attached hydrogens (tertiary/aromatic N) is 4. The summed E-state index contributed by atoms with van der Waals surface area (Å²) in [7, 11) is 1.60. The average Bonchev–Trinajstić information content (AvgIpc) is 2.82. The van der Waals surface area contributed by atoms with E-state index in [2.05, 4.69) is 39.5 Å². The largest absolute Gasteiger partial charge is 0.495 e. The molecule has 32 heavy (non-hydrogen) atoms. The summed E-state index contributed by atoms with van der Waals surface area (Å²) in [6.45, 7) is 6.66. The fourth-order valence-electron chi connectivity index (χ4n) is 4.05. The van der Waals surface area contributed by atoms with Crippen LogP contribution in [0.1, 0.15) is 22.6 Å². The summed E-state index contributed by atoms with van der Waals surface area (Å²) in [5.74, 6) is 2.39. The number of carbonyl (C=O) groups excluding carboxylic acids is 1. The topological polar surface area (TPSA) is 70.6 Å². The van der Waals surface area contributed by atoms with Crippen molar-refractivity contribution >= 4 is 17.5 Å². The molecule has 2 heterocycles. The van der Waals surface area contributed by atoms with Crippen molar-refractivity contribution in [3.05, 3.63) is 77.2 Å². The van der Waals surface area contributed by atoms with Gasteiger partial charge in [-0.25, -0.2) is 14.8 Å². The Kier molecular flexibility index (Phi) is 6.54. The van der Waals surface area contributed by atoms with Gasteiger partial charge in [-0.3, -0.25) is 0 Å². The normalized spacial score (nSPS) is 13.7. The highest BCUT2D eigenvalue weighted by atomic mass is 16.5. The molecule has 1 aromatic heterocycles. The van der Waals surface area contributed by atoms with Gasteiger partial charge in [0, 0.05) is 43.9 Å². The first-order valence-corrected chi connectivity index (χ1v) is 10.9. The van der Waals surface area contributed by atoms with E-state index in [9.17, 15) is 4.79 Å². The minimum atomic E-state index is -0.117. The maximum Gasteiger partial charge on any atom is 0.322 e. The Morgan fingerprint density at radius 2 is 1.66 bits per heavy atom. The molecule has 1 saturated heterocycles. The first-order chi connectivity index (χ1) is 15.5. The maximum atomic E-state index is 12.8. The van der Waals surface area contributed by atoms with Gasteiger partial charge in [0.2, 0.25) is 0 Å². The van der Waals surface area contributed by atoms with Crippen LogP contribution in [0.15, 0.2) is 54.6 Å². The molecule has 0 saturated carbocycles. The smallest absolute Gasteiger partial charge is 0.322 e. The molecular formula is C25H29N5O2. The van der Waals surface area contributed by atoms with E-state index >= 15 is 0 Å². The van der Waals surface area contributed by atoms with Gasteiger partial charge in [0.25, 0.3) is 0 Å². The standard InChI is InChI=1S/C25H29N5O2/c1-18-21(17-20-9-5-4-6-10-20)24(27-19(2)26-18)29-13-15-30(16-14-29)25(31)28-22-11-7-8-12-23(22)32-3/h4-12H,13-17H2,1-3H3,(H,28,31). The monoisotopic (exact) mass is 431 g/mol. The number of urea groups is 1. The first-order valence-electron chi connectivity index (χ1n) is 10.9. The molecule has 2 amide bonds. The number of hydrogen-bond acceptors (Lipinski definition) is 5. The van der Waals surface area contributed by atoms with E-state index in [0.717, 1.165) is 42.4 Å². The molecule has 3 aromatic rings. The van der Waals surface area contributed by atoms with Gasteiger partial charge in [0.15, 0.2) is 0 Å². The predicted octanol–water partition coefficient (Wildman–Crippen LogP) is 4.05. The van der Waals surface area contributed by atoms with Crippen molar-refractivity contribution in [3.8, 4) is 5.75 Å². The molecule has 2 aromatic carbocycles. The number of nitrogens with one attached hydrogen (secondary N) is 1. The van der Waals surface area contributed by atoms with Gasteiger partial charge in [0.1, 0.15) is 17.4 Å². The summed E-state index contributed by atoms with van der Waals surface area (Å²) in [4.78, 5) is 26.3. The van der Waals surface area contributed by atoms with Crippen molar-refractivity contribution in [1.82, 2.24) is 14.9 Å². The van der Waals surface area contributed by atoms with E-state index in [1.807, 2.05) is 49.1 Å². The van der Waals surface area contributed by atoms with Gasteiger partial charge in [0.05, 0.1) is 12.8 Å². The molecule has 166 valence electrons. The number of methoxy groups -OCH3 is 1. The summed E-state index contributed by atoms with van der Waals surface area (Å²) < 4.78 is 5.34. The number of hydrogen-bond donors (Lipinski definition) is 1.